The smallest absolute Gasteiger partial charge is 0.416 e. The second-order valence-corrected chi connectivity index (χ2v) is 6.59. The Morgan fingerprint density at radius 2 is 2.00 bits per heavy atom. The van der Waals surface area contributed by atoms with Crippen LogP contribution in [0, 0.1) is 11.3 Å². The van der Waals surface area contributed by atoms with Crippen molar-refractivity contribution < 1.29 is 17.9 Å². The number of nitrogens with one attached hydrogen (secondary N) is 1. The summed E-state index contributed by atoms with van der Waals surface area (Å²) in [6.07, 6.45) is -2.34. The number of aromatic nitrogens is 3. The second kappa shape index (κ2) is 7.00. The molecule has 4 rings (SSSR count). The van der Waals surface area contributed by atoms with Crippen LogP contribution in [-0.4, -0.2) is 15.4 Å². The molecule has 0 radical (unpaired) electrons. The number of ether oxygens (including phenoxy) is 1. The van der Waals surface area contributed by atoms with Crippen molar-refractivity contribution in [1.82, 2.24) is 15.4 Å². The fourth-order valence-electron chi connectivity index (χ4n) is 3.47. The molecule has 1 N–H and O–H groups in total. The first-order valence-electron chi connectivity index (χ1n) is 8.74. The van der Waals surface area contributed by atoms with E-state index in [-0.39, 0.29) is 28.8 Å². The minimum absolute atomic E-state index is 0.00622. The minimum Gasteiger partial charge on any atom is -0.486 e. The van der Waals surface area contributed by atoms with E-state index in [1.54, 1.807) is 0 Å². The molecule has 142 valence electrons. The lowest BCUT2D eigenvalue weighted by atomic mass is 9.89. The van der Waals surface area contributed by atoms with Gasteiger partial charge in [-0.1, -0.05) is 29.5 Å². The molecule has 1 atom stereocenters. The van der Waals surface area contributed by atoms with E-state index < -0.39 is 11.7 Å². The Hall–Kier alpha value is -3.34. The summed E-state index contributed by atoms with van der Waals surface area (Å²) in [4.78, 5) is 0. The summed E-state index contributed by atoms with van der Waals surface area (Å²) in [6, 6.07) is 13.0. The molecule has 28 heavy (non-hydrogen) atoms. The molecule has 5 nitrogen and oxygen atoms in total. The standard InChI is InChI=1S/C20H15F3N4O/c21-20(22,23)14-8-13(19-17(11-24)25-27-26-19)9-15(10-14)28-18-7-3-5-12-4-1-2-6-16(12)18/h1-2,4,6,8-10,18H,3,5,7H2,(H,25,26,27). The van der Waals surface area contributed by atoms with Gasteiger partial charge in [0.25, 0.3) is 0 Å². The molecule has 0 saturated heterocycles. The minimum atomic E-state index is -4.56. The van der Waals surface area contributed by atoms with Gasteiger partial charge in [-0.2, -0.15) is 18.4 Å². The Kier molecular flexibility index (Phi) is 4.51. The van der Waals surface area contributed by atoms with Gasteiger partial charge in [0.1, 0.15) is 23.6 Å². The molecule has 0 bridgehead atoms. The Bertz CT molecular complexity index is 1050. The van der Waals surface area contributed by atoms with Crippen LogP contribution in [0.3, 0.4) is 0 Å². The van der Waals surface area contributed by atoms with Gasteiger partial charge in [-0.25, -0.2) is 5.10 Å². The fourth-order valence-corrected chi connectivity index (χ4v) is 3.47. The third-order valence-electron chi connectivity index (χ3n) is 4.76. The molecule has 3 aromatic rings. The zero-order chi connectivity index (χ0) is 19.7. The Labute approximate surface area is 158 Å². The molecule has 1 aliphatic carbocycles. The summed E-state index contributed by atoms with van der Waals surface area (Å²) in [5.74, 6) is 0.0819. The molecule has 2 aromatic carbocycles. The largest absolute Gasteiger partial charge is 0.486 e. The number of alkyl halides is 3. The number of nitriles is 1. The number of benzene rings is 2. The lowest BCUT2D eigenvalue weighted by molar-refractivity contribution is -0.137. The van der Waals surface area contributed by atoms with Gasteiger partial charge in [0.15, 0.2) is 5.69 Å². The lowest BCUT2D eigenvalue weighted by Crippen LogP contribution is -2.15. The average molecular weight is 384 g/mol. The van der Waals surface area contributed by atoms with E-state index in [1.807, 2.05) is 30.3 Å². The monoisotopic (exact) mass is 384 g/mol. The quantitative estimate of drug-likeness (QED) is 0.703. The normalized spacial score (nSPS) is 16.3. The first kappa shape index (κ1) is 18.0. The highest BCUT2D eigenvalue weighted by atomic mass is 19.4. The number of hydrogen-bond acceptors (Lipinski definition) is 4. The lowest BCUT2D eigenvalue weighted by Gasteiger charge is -2.26. The van der Waals surface area contributed by atoms with E-state index in [0.717, 1.165) is 42.5 Å². The Balaban J connectivity index is 1.76. The third kappa shape index (κ3) is 3.43. The van der Waals surface area contributed by atoms with Crippen molar-refractivity contribution in [2.45, 2.75) is 31.5 Å². The molecule has 1 aliphatic rings. The number of H-pyrrole nitrogens is 1. The second-order valence-electron chi connectivity index (χ2n) is 6.59. The van der Waals surface area contributed by atoms with E-state index in [0.29, 0.717) is 0 Å². The van der Waals surface area contributed by atoms with Crippen LogP contribution in [0.1, 0.15) is 41.3 Å². The van der Waals surface area contributed by atoms with E-state index in [9.17, 15) is 13.2 Å². The first-order valence-corrected chi connectivity index (χ1v) is 8.74. The van der Waals surface area contributed by atoms with E-state index in [2.05, 4.69) is 15.4 Å². The molecule has 1 heterocycles. The van der Waals surface area contributed by atoms with Crippen LogP contribution in [0.4, 0.5) is 13.2 Å². The summed E-state index contributed by atoms with van der Waals surface area (Å²) in [6.45, 7) is 0. The zero-order valence-corrected chi connectivity index (χ0v) is 14.6. The fraction of sp³-hybridized carbons (Fsp3) is 0.250. The van der Waals surface area contributed by atoms with Gasteiger partial charge in [0.05, 0.1) is 5.56 Å². The van der Waals surface area contributed by atoms with E-state index >= 15 is 0 Å². The molecule has 1 aromatic heterocycles. The number of hydrogen-bond donors (Lipinski definition) is 1. The zero-order valence-electron chi connectivity index (χ0n) is 14.6. The molecule has 0 spiro atoms. The maximum absolute atomic E-state index is 13.4. The highest BCUT2D eigenvalue weighted by molar-refractivity contribution is 5.67. The molecule has 1 unspecified atom stereocenters. The SMILES string of the molecule is N#Cc1[nH]nnc1-c1cc(OC2CCCc3ccccc32)cc(C(F)(F)F)c1. The van der Waals surface area contributed by atoms with Crippen molar-refractivity contribution >= 4 is 0 Å². The van der Waals surface area contributed by atoms with Crippen molar-refractivity contribution in [3.05, 3.63) is 64.8 Å². The Morgan fingerprint density at radius 1 is 1.18 bits per heavy atom. The van der Waals surface area contributed by atoms with Crippen molar-refractivity contribution in [2.75, 3.05) is 0 Å². The number of aryl methyl sites for hydroxylation is 1. The molecule has 0 fully saturated rings. The van der Waals surface area contributed by atoms with Gasteiger partial charge >= 0.3 is 6.18 Å². The van der Waals surface area contributed by atoms with Crippen LogP contribution < -0.4 is 4.74 Å². The highest BCUT2D eigenvalue weighted by Gasteiger charge is 2.32. The van der Waals surface area contributed by atoms with Crippen LogP contribution in [-0.2, 0) is 12.6 Å². The predicted molar refractivity (Wildman–Crippen MR) is 94.3 cm³/mol. The van der Waals surface area contributed by atoms with Crippen LogP contribution in [0.15, 0.2) is 42.5 Å². The molecular formula is C20H15F3N4O. The summed E-state index contributed by atoms with van der Waals surface area (Å²) in [7, 11) is 0. The van der Waals surface area contributed by atoms with Gasteiger partial charge in [0.2, 0.25) is 0 Å². The van der Waals surface area contributed by atoms with Crippen molar-refractivity contribution in [2.24, 2.45) is 0 Å². The Morgan fingerprint density at radius 3 is 2.79 bits per heavy atom. The van der Waals surface area contributed by atoms with Crippen LogP contribution in [0.25, 0.3) is 11.3 Å². The van der Waals surface area contributed by atoms with Gasteiger partial charge in [-0.15, -0.1) is 5.10 Å². The van der Waals surface area contributed by atoms with E-state index in [1.165, 1.54) is 6.07 Å². The molecule has 0 saturated carbocycles. The molecular weight excluding hydrogens is 369 g/mol. The van der Waals surface area contributed by atoms with Gasteiger partial charge < -0.3 is 4.74 Å². The first-order chi connectivity index (χ1) is 13.5. The predicted octanol–water partition coefficient (Wildman–Crippen LogP) is 4.82. The number of rotatable bonds is 3. The van der Waals surface area contributed by atoms with Gasteiger partial charge in [-0.3, -0.25) is 0 Å². The van der Waals surface area contributed by atoms with Crippen LogP contribution in [0.5, 0.6) is 5.75 Å². The van der Waals surface area contributed by atoms with Crippen molar-refractivity contribution in [1.29, 1.82) is 5.26 Å². The van der Waals surface area contributed by atoms with Crippen LogP contribution in [0.2, 0.25) is 0 Å². The maximum Gasteiger partial charge on any atom is 0.416 e. The number of aromatic amines is 1. The summed E-state index contributed by atoms with van der Waals surface area (Å²) < 4.78 is 46.3. The van der Waals surface area contributed by atoms with Crippen molar-refractivity contribution in [3.8, 4) is 23.1 Å². The molecule has 8 heteroatoms. The topological polar surface area (TPSA) is 74.6 Å². The number of nitrogens with zero attached hydrogens (tertiary/aromatic N) is 3. The summed E-state index contributed by atoms with van der Waals surface area (Å²) >= 11 is 0. The summed E-state index contributed by atoms with van der Waals surface area (Å²) in [5.41, 5.74) is 1.45. The maximum atomic E-state index is 13.4. The third-order valence-corrected chi connectivity index (χ3v) is 4.76. The van der Waals surface area contributed by atoms with Crippen molar-refractivity contribution in [3.63, 3.8) is 0 Å². The summed E-state index contributed by atoms with van der Waals surface area (Å²) in [5, 5.41) is 18.8. The highest BCUT2D eigenvalue weighted by Crippen LogP contribution is 2.39. The number of fused-ring (bicyclic) bond motifs is 1. The van der Waals surface area contributed by atoms with Crippen LogP contribution >= 0.6 is 0 Å². The number of halogens is 3. The molecule has 0 aliphatic heterocycles. The van der Waals surface area contributed by atoms with Gasteiger partial charge in [0, 0.05) is 5.56 Å². The van der Waals surface area contributed by atoms with E-state index in [4.69, 9.17) is 10.00 Å². The molecule has 0 amide bonds. The van der Waals surface area contributed by atoms with Gasteiger partial charge in [-0.05, 0) is 48.6 Å². The average Bonchev–Trinajstić information content (AvgIpc) is 3.16.